The molecule has 0 spiro atoms. The number of aromatic nitrogens is 2. The van der Waals surface area contributed by atoms with Gasteiger partial charge >= 0.3 is 12.0 Å². The molecule has 1 heterocycles. The van der Waals surface area contributed by atoms with Gasteiger partial charge in [-0.1, -0.05) is 0 Å². The van der Waals surface area contributed by atoms with Gasteiger partial charge in [0.25, 0.3) is 0 Å². The summed E-state index contributed by atoms with van der Waals surface area (Å²) in [6.45, 7) is 0. The molecule has 0 bridgehead atoms. The highest BCUT2D eigenvalue weighted by Crippen LogP contribution is 2.35. The predicted molar refractivity (Wildman–Crippen MR) is 69.5 cm³/mol. The van der Waals surface area contributed by atoms with Gasteiger partial charge in [-0.15, -0.1) is 0 Å². The molecule has 0 aliphatic heterocycles. The molecule has 21 heavy (non-hydrogen) atoms. The van der Waals surface area contributed by atoms with Crippen LogP contribution in [0.3, 0.4) is 0 Å². The van der Waals surface area contributed by atoms with Crippen molar-refractivity contribution in [3.05, 3.63) is 6.07 Å². The number of carboxylic acid groups (broad SMARTS) is 1. The van der Waals surface area contributed by atoms with Crippen LogP contribution in [0.4, 0.5) is 4.39 Å². The summed E-state index contributed by atoms with van der Waals surface area (Å²) in [4.78, 5) is 19.0. The summed E-state index contributed by atoms with van der Waals surface area (Å²) < 4.78 is 29.9. The Bertz CT molecular complexity index is 505. The molecule has 2 atom stereocenters. The second-order valence-electron chi connectivity index (χ2n) is 4.76. The number of carboxylic acids is 1. The first kappa shape index (κ1) is 15.3. The van der Waals surface area contributed by atoms with Crippen molar-refractivity contribution in [3.8, 4) is 17.8 Å². The number of nitrogens with zero attached hydrogens (tertiary/aromatic N) is 2. The zero-order valence-corrected chi connectivity index (χ0v) is 11.8. The lowest BCUT2D eigenvalue weighted by Gasteiger charge is -2.33. The Morgan fingerprint density at radius 1 is 1.33 bits per heavy atom. The molecule has 0 aromatic carbocycles. The van der Waals surface area contributed by atoms with E-state index in [9.17, 15) is 9.18 Å². The van der Waals surface area contributed by atoms with Crippen molar-refractivity contribution in [2.45, 2.75) is 37.5 Å². The van der Waals surface area contributed by atoms with Crippen LogP contribution in [0, 0.1) is 0 Å². The van der Waals surface area contributed by atoms with Crippen LogP contribution in [0.15, 0.2) is 6.07 Å². The van der Waals surface area contributed by atoms with Gasteiger partial charge in [-0.05, 0) is 25.7 Å². The highest BCUT2D eigenvalue weighted by Gasteiger charge is 2.50. The fourth-order valence-corrected chi connectivity index (χ4v) is 2.27. The summed E-state index contributed by atoms with van der Waals surface area (Å²) in [5.74, 6) is -1.15. The third kappa shape index (κ3) is 3.14. The molecule has 1 saturated carbocycles. The topological polar surface area (TPSA) is 90.8 Å². The molecule has 1 aromatic rings. The van der Waals surface area contributed by atoms with E-state index in [1.807, 2.05) is 0 Å². The molecular weight excluding hydrogens is 283 g/mol. The number of halogens is 1. The van der Waals surface area contributed by atoms with E-state index in [0.717, 1.165) is 0 Å². The zero-order chi connectivity index (χ0) is 15.5. The Kier molecular flexibility index (Phi) is 4.44. The van der Waals surface area contributed by atoms with Gasteiger partial charge in [-0.25, -0.2) is 9.18 Å². The number of hydrogen-bond acceptors (Lipinski definition) is 6. The number of rotatable bonds is 5. The lowest BCUT2D eigenvalue weighted by Crippen LogP contribution is -2.50. The van der Waals surface area contributed by atoms with Crippen molar-refractivity contribution in [1.82, 2.24) is 9.97 Å². The zero-order valence-electron chi connectivity index (χ0n) is 11.8. The molecular formula is C13H17FN2O5. The van der Waals surface area contributed by atoms with Crippen LogP contribution in [0.1, 0.15) is 25.7 Å². The smallest absolute Gasteiger partial charge is 0.345 e. The van der Waals surface area contributed by atoms with Crippen molar-refractivity contribution in [2.24, 2.45) is 0 Å². The van der Waals surface area contributed by atoms with Crippen LogP contribution >= 0.6 is 0 Å². The van der Waals surface area contributed by atoms with Gasteiger partial charge in [-0.2, -0.15) is 9.97 Å². The summed E-state index contributed by atoms with van der Waals surface area (Å²) in [5, 5.41) is 9.10. The fraction of sp³-hybridized carbons (Fsp3) is 0.615. The van der Waals surface area contributed by atoms with Gasteiger partial charge < -0.3 is 19.3 Å². The summed E-state index contributed by atoms with van der Waals surface area (Å²) in [5.41, 5.74) is -2.43. The highest BCUT2D eigenvalue weighted by atomic mass is 19.1. The number of alkyl halides is 1. The van der Waals surface area contributed by atoms with Crippen LogP contribution in [0.25, 0.3) is 0 Å². The molecule has 0 amide bonds. The Balaban J connectivity index is 2.25. The quantitative estimate of drug-likeness (QED) is 0.883. The maximum absolute atomic E-state index is 14.6. The molecule has 2 unspecified atom stereocenters. The highest BCUT2D eigenvalue weighted by molar-refractivity contribution is 5.78. The first-order valence-corrected chi connectivity index (χ1v) is 6.55. The lowest BCUT2D eigenvalue weighted by atomic mass is 9.83. The molecule has 8 heteroatoms. The molecule has 1 aliphatic rings. The van der Waals surface area contributed by atoms with E-state index in [-0.39, 0.29) is 30.6 Å². The van der Waals surface area contributed by atoms with E-state index in [0.29, 0.717) is 12.8 Å². The van der Waals surface area contributed by atoms with Crippen molar-refractivity contribution in [1.29, 1.82) is 0 Å². The number of ether oxygens (including phenoxy) is 3. The molecule has 1 fully saturated rings. The third-order valence-electron chi connectivity index (χ3n) is 3.45. The van der Waals surface area contributed by atoms with Crippen molar-refractivity contribution in [3.63, 3.8) is 0 Å². The van der Waals surface area contributed by atoms with Gasteiger partial charge in [-0.3, -0.25) is 0 Å². The summed E-state index contributed by atoms with van der Waals surface area (Å²) in [6.07, 6.45) is 0.246. The Morgan fingerprint density at radius 3 is 2.48 bits per heavy atom. The van der Waals surface area contributed by atoms with Gasteiger partial charge in [0.05, 0.1) is 20.3 Å². The van der Waals surface area contributed by atoms with E-state index in [2.05, 4.69) is 9.97 Å². The number of methoxy groups -OCH3 is 2. The fourth-order valence-electron chi connectivity index (χ4n) is 2.27. The van der Waals surface area contributed by atoms with Crippen LogP contribution in [-0.4, -0.2) is 47.0 Å². The van der Waals surface area contributed by atoms with Crippen LogP contribution in [-0.2, 0) is 4.79 Å². The Morgan fingerprint density at radius 2 is 1.95 bits per heavy atom. The standard InChI is InChI=1S/C13H17FN2O5/c1-19-9-7-10(20-2)16-12(15-9)21-8-5-3-4-6-13(8,14)11(17)18/h7-8H,3-6H2,1-2H3,(H,17,18). The molecule has 0 saturated heterocycles. The van der Waals surface area contributed by atoms with Crippen molar-refractivity contribution >= 4 is 5.97 Å². The lowest BCUT2D eigenvalue weighted by molar-refractivity contribution is -0.161. The summed E-state index contributed by atoms with van der Waals surface area (Å²) in [7, 11) is 2.81. The van der Waals surface area contributed by atoms with Gasteiger partial charge in [0.15, 0.2) is 0 Å². The van der Waals surface area contributed by atoms with Crippen LogP contribution in [0.2, 0.25) is 0 Å². The number of carbonyl (C=O) groups is 1. The largest absolute Gasteiger partial charge is 0.481 e. The third-order valence-corrected chi connectivity index (χ3v) is 3.45. The minimum absolute atomic E-state index is 0.0892. The second-order valence-corrected chi connectivity index (χ2v) is 4.76. The first-order valence-electron chi connectivity index (χ1n) is 6.55. The maximum Gasteiger partial charge on any atom is 0.345 e. The molecule has 1 N–H and O–H groups in total. The van der Waals surface area contributed by atoms with E-state index in [1.54, 1.807) is 0 Å². The van der Waals surface area contributed by atoms with E-state index < -0.39 is 17.7 Å². The van der Waals surface area contributed by atoms with E-state index in [4.69, 9.17) is 19.3 Å². The summed E-state index contributed by atoms with van der Waals surface area (Å²) in [6, 6.07) is 1.27. The molecule has 116 valence electrons. The maximum atomic E-state index is 14.6. The average Bonchev–Trinajstić information content (AvgIpc) is 2.49. The average molecular weight is 300 g/mol. The predicted octanol–water partition coefficient (Wildman–Crippen LogP) is 1.61. The minimum Gasteiger partial charge on any atom is -0.481 e. The number of hydrogen-bond donors (Lipinski definition) is 1. The monoisotopic (exact) mass is 300 g/mol. The normalized spacial score (nSPS) is 25.2. The molecule has 1 aromatic heterocycles. The van der Waals surface area contributed by atoms with Crippen LogP contribution in [0.5, 0.6) is 17.8 Å². The Labute approximate surface area is 121 Å². The van der Waals surface area contributed by atoms with Crippen molar-refractivity contribution < 1.29 is 28.5 Å². The first-order chi connectivity index (χ1) is 9.99. The van der Waals surface area contributed by atoms with Crippen molar-refractivity contribution in [2.75, 3.05) is 14.2 Å². The van der Waals surface area contributed by atoms with E-state index in [1.165, 1.54) is 20.3 Å². The van der Waals surface area contributed by atoms with E-state index >= 15 is 0 Å². The Hall–Kier alpha value is -2.12. The minimum atomic E-state index is -2.43. The van der Waals surface area contributed by atoms with Gasteiger partial charge in [0.2, 0.25) is 17.4 Å². The second kappa shape index (κ2) is 6.11. The number of aliphatic carboxylic acids is 1. The SMILES string of the molecule is COc1cc(OC)nc(OC2CCCCC2(F)C(=O)O)n1. The molecule has 0 radical (unpaired) electrons. The molecule has 1 aliphatic carbocycles. The molecule has 7 nitrogen and oxygen atoms in total. The van der Waals surface area contributed by atoms with Gasteiger partial charge in [0.1, 0.15) is 6.10 Å². The molecule has 2 rings (SSSR count). The summed E-state index contributed by atoms with van der Waals surface area (Å²) >= 11 is 0. The van der Waals surface area contributed by atoms with Gasteiger partial charge in [0, 0.05) is 0 Å². The van der Waals surface area contributed by atoms with Crippen LogP contribution < -0.4 is 14.2 Å².